The van der Waals surface area contributed by atoms with Gasteiger partial charge in [-0.2, -0.15) is 0 Å². The van der Waals surface area contributed by atoms with Crippen molar-refractivity contribution in [3.8, 4) is 0 Å². The molecule has 1 amide bonds. The van der Waals surface area contributed by atoms with E-state index in [1.54, 1.807) is 0 Å². The van der Waals surface area contributed by atoms with Crippen LogP contribution in [-0.4, -0.2) is 35.9 Å². The molecular formula is C13H23NO3. The number of amides is 1. The van der Waals surface area contributed by atoms with Gasteiger partial charge in [0.25, 0.3) is 0 Å². The second kappa shape index (κ2) is 5.83. The van der Waals surface area contributed by atoms with Gasteiger partial charge < -0.3 is 15.2 Å². The van der Waals surface area contributed by atoms with E-state index in [0.717, 1.165) is 45.1 Å². The van der Waals surface area contributed by atoms with Crippen molar-refractivity contribution in [2.75, 3.05) is 6.61 Å². The normalized spacial score (nSPS) is 38.7. The predicted octanol–water partition coefficient (Wildman–Crippen LogP) is 1.22. The van der Waals surface area contributed by atoms with Crippen LogP contribution < -0.4 is 5.32 Å². The Labute approximate surface area is 103 Å². The number of hydrogen-bond acceptors (Lipinski definition) is 3. The summed E-state index contributed by atoms with van der Waals surface area (Å²) in [7, 11) is 0. The third-order valence-electron chi connectivity index (χ3n) is 3.99. The minimum absolute atomic E-state index is 0.00981. The van der Waals surface area contributed by atoms with Gasteiger partial charge in [-0.05, 0) is 45.4 Å². The molecule has 0 aromatic carbocycles. The molecule has 0 unspecified atom stereocenters. The molecule has 2 N–H and O–H groups in total. The first-order valence-corrected chi connectivity index (χ1v) is 6.77. The molecule has 0 aromatic rings. The van der Waals surface area contributed by atoms with Gasteiger partial charge in [-0.15, -0.1) is 0 Å². The molecule has 4 nitrogen and oxygen atoms in total. The molecule has 0 bridgehead atoms. The zero-order chi connectivity index (χ0) is 12.3. The maximum Gasteiger partial charge on any atom is 0.225 e. The van der Waals surface area contributed by atoms with Crippen LogP contribution in [-0.2, 0) is 9.53 Å². The van der Waals surface area contributed by atoms with Crippen molar-refractivity contribution in [3.63, 3.8) is 0 Å². The Bertz CT molecular complexity index is 261. The minimum Gasteiger partial charge on any atom is -0.393 e. The lowest BCUT2D eigenvalue weighted by atomic mass is 9.90. The largest absolute Gasteiger partial charge is 0.393 e. The summed E-state index contributed by atoms with van der Waals surface area (Å²) in [5, 5.41) is 12.5. The van der Waals surface area contributed by atoms with Gasteiger partial charge in [-0.1, -0.05) is 0 Å². The average molecular weight is 241 g/mol. The van der Waals surface area contributed by atoms with Gasteiger partial charge in [-0.3, -0.25) is 4.79 Å². The summed E-state index contributed by atoms with van der Waals surface area (Å²) in [5.41, 5.74) is 0. The van der Waals surface area contributed by atoms with E-state index in [9.17, 15) is 9.90 Å². The molecule has 2 atom stereocenters. The smallest absolute Gasteiger partial charge is 0.225 e. The molecule has 2 fully saturated rings. The lowest BCUT2D eigenvalue weighted by molar-refractivity contribution is -0.134. The van der Waals surface area contributed by atoms with Crippen LogP contribution in [0.4, 0.5) is 0 Å². The molecule has 98 valence electrons. The summed E-state index contributed by atoms with van der Waals surface area (Å²) in [6, 6.07) is 0.250. The molecular weight excluding hydrogens is 218 g/mol. The average Bonchev–Trinajstić information content (AvgIpc) is 2.32. The molecule has 2 rings (SSSR count). The molecule has 1 saturated heterocycles. The highest BCUT2D eigenvalue weighted by Crippen LogP contribution is 2.23. The number of aliphatic hydroxyl groups is 1. The zero-order valence-corrected chi connectivity index (χ0v) is 10.5. The number of aliphatic hydroxyl groups excluding tert-OH is 1. The fourth-order valence-corrected chi connectivity index (χ4v) is 2.80. The van der Waals surface area contributed by atoms with Gasteiger partial charge in [0.05, 0.1) is 18.1 Å². The maximum absolute atomic E-state index is 12.1. The third kappa shape index (κ3) is 3.42. The molecule has 1 aliphatic heterocycles. The highest BCUT2D eigenvalue weighted by molar-refractivity contribution is 5.79. The van der Waals surface area contributed by atoms with Crippen molar-refractivity contribution in [3.05, 3.63) is 0 Å². The van der Waals surface area contributed by atoms with E-state index in [4.69, 9.17) is 4.74 Å². The van der Waals surface area contributed by atoms with Crippen molar-refractivity contribution in [2.45, 2.75) is 63.7 Å². The van der Waals surface area contributed by atoms with Gasteiger partial charge in [0.15, 0.2) is 0 Å². The van der Waals surface area contributed by atoms with Crippen LogP contribution in [0.5, 0.6) is 0 Å². The Balaban J connectivity index is 1.79. The SMILES string of the molecule is C[C@H]1OCCC[C@@H]1C(=O)NC1CCC(O)CC1. The highest BCUT2D eigenvalue weighted by atomic mass is 16.5. The fraction of sp³-hybridized carbons (Fsp3) is 0.923. The van der Waals surface area contributed by atoms with E-state index >= 15 is 0 Å². The second-order valence-corrected chi connectivity index (χ2v) is 5.34. The standard InChI is InChI=1S/C13H23NO3/c1-9-12(3-2-8-17-9)13(16)14-10-4-6-11(15)7-5-10/h9-12,15H,2-8H2,1H3,(H,14,16)/t9-,10?,11?,12+/m1/s1. The summed E-state index contributed by atoms with van der Waals surface area (Å²) in [4.78, 5) is 12.1. The Morgan fingerprint density at radius 3 is 2.59 bits per heavy atom. The number of carbonyl (C=O) groups is 1. The van der Waals surface area contributed by atoms with Crippen LogP contribution in [0.15, 0.2) is 0 Å². The Morgan fingerprint density at radius 1 is 1.24 bits per heavy atom. The summed E-state index contributed by atoms with van der Waals surface area (Å²) >= 11 is 0. The molecule has 0 spiro atoms. The molecule has 0 radical (unpaired) electrons. The molecule has 4 heteroatoms. The van der Waals surface area contributed by atoms with Crippen molar-refractivity contribution < 1.29 is 14.6 Å². The monoisotopic (exact) mass is 241 g/mol. The zero-order valence-electron chi connectivity index (χ0n) is 10.5. The van der Waals surface area contributed by atoms with E-state index in [-0.39, 0.29) is 30.1 Å². The van der Waals surface area contributed by atoms with Crippen LogP contribution >= 0.6 is 0 Å². The number of carbonyl (C=O) groups excluding carboxylic acids is 1. The van der Waals surface area contributed by atoms with E-state index in [1.165, 1.54) is 0 Å². The summed E-state index contributed by atoms with van der Waals surface area (Å²) in [6.45, 7) is 2.76. The molecule has 2 aliphatic rings. The highest BCUT2D eigenvalue weighted by Gasteiger charge is 2.30. The van der Waals surface area contributed by atoms with Gasteiger partial charge in [0.2, 0.25) is 5.91 Å². The quantitative estimate of drug-likeness (QED) is 0.764. The van der Waals surface area contributed by atoms with Crippen LogP contribution in [0.1, 0.15) is 45.4 Å². The van der Waals surface area contributed by atoms with E-state index in [1.807, 2.05) is 6.92 Å². The summed E-state index contributed by atoms with van der Waals surface area (Å²) in [6.07, 6.45) is 5.19. The summed E-state index contributed by atoms with van der Waals surface area (Å²) in [5.74, 6) is 0.147. The first kappa shape index (κ1) is 12.8. The molecule has 1 heterocycles. The molecule has 17 heavy (non-hydrogen) atoms. The number of nitrogens with one attached hydrogen (secondary N) is 1. The fourth-order valence-electron chi connectivity index (χ4n) is 2.80. The Morgan fingerprint density at radius 2 is 1.94 bits per heavy atom. The van der Waals surface area contributed by atoms with Gasteiger partial charge in [0.1, 0.15) is 0 Å². The van der Waals surface area contributed by atoms with E-state index < -0.39 is 0 Å². The number of ether oxygens (including phenoxy) is 1. The van der Waals surface area contributed by atoms with Crippen molar-refractivity contribution in [2.24, 2.45) is 5.92 Å². The second-order valence-electron chi connectivity index (χ2n) is 5.34. The van der Waals surface area contributed by atoms with E-state index in [0.29, 0.717) is 0 Å². The Kier molecular flexibility index (Phi) is 4.40. The van der Waals surface area contributed by atoms with Crippen molar-refractivity contribution in [1.82, 2.24) is 5.32 Å². The van der Waals surface area contributed by atoms with Crippen LogP contribution in [0.3, 0.4) is 0 Å². The van der Waals surface area contributed by atoms with Crippen molar-refractivity contribution >= 4 is 5.91 Å². The minimum atomic E-state index is -0.167. The van der Waals surface area contributed by atoms with Gasteiger partial charge in [-0.25, -0.2) is 0 Å². The lowest BCUT2D eigenvalue weighted by Gasteiger charge is -2.31. The number of hydrogen-bond donors (Lipinski definition) is 2. The molecule has 0 aromatic heterocycles. The third-order valence-corrected chi connectivity index (χ3v) is 3.99. The first-order valence-electron chi connectivity index (χ1n) is 6.77. The van der Waals surface area contributed by atoms with Crippen molar-refractivity contribution in [1.29, 1.82) is 0 Å². The van der Waals surface area contributed by atoms with Gasteiger partial charge >= 0.3 is 0 Å². The summed E-state index contributed by atoms with van der Waals surface area (Å²) < 4.78 is 5.52. The maximum atomic E-state index is 12.1. The number of rotatable bonds is 2. The molecule has 1 saturated carbocycles. The van der Waals surface area contributed by atoms with Crippen LogP contribution in [0.25, 0.3) is 0 Å². The Hall–Kier alpha value is -0.610. The van der Waals surface area contributed by atoms with Crippen LogP contribution in [0.2, 0.25) is 0 Å². The first-order chi connectivity index (χ1) is 8.16. The topological polar surface area (TPSA) is 58.6 Å². The molecule has 1 aliphatic carbocycles. The van der Waals surface area contributed by atoms with E-state index in [2.05, 4.69) is 5.32 Å². The predicted molar refractivity (Wildman–Crippen MR) is 64.5 cm³/mol. The van der Waals surface area contributed by atoms with Crippen LogP contribution in [0, 0.1) is 5.92 Å². The lowest BCUT2D eigenvalue weighted by Crippen LogP contribution is -2.45. The van der Waals surface area contributed by atoms with Gasteiger partial charge in [0, 0.05) is 12.6 Å².